The van der Waals surface area contributed by atoms with Gasteiger partial charge in [-0.3, -0.25) is 9.35 Å². The van der Waals surface area contributed by atoms with Gasteiger partial charge in [-0.25, -0.2) is 4.18 Å². The van der Waals surface area contributed by atoms with Crippen LogP contribution < -0.4 is 0 Å². The Labute approximate surface area is 495 Å². The van der Waals surface area contributed by atoms with E-state index in [-0.39, 0.29) is 53.6 Å². The number of Topliss-reactive ketones (excluding diaryl/α,β-unsaturated/α-hetero) is 1. The zero-order chi connectivity index (χ0) is 62.3. The van der Waals surface area contributed by atoms with Crippen LogP contribution in [0.15, 0.2) is 11.6 Å². The smallest absolute Gasteiger partial charge is 0.394 e. The first-order valence-corrected chi connectivity index (χ1v) is 31.7. The van der Waals surface area contributed by atoms with E-state index in [1.807, 2.05) is 13.8 Å². The summed E-state index contributed by atoms with van der Waals surface area (Å²) in [5.74, 6) is 0.408. The minimum absolute atomic E-state index is 0.0683. The maximum absolute atomic E-state index is 13.2. The van der Waals surface area contributed by atoms with Gasteiger partial charge < -0.3 is 109 Å². The Balaban J connectivity index is 0.997. The molecule has 8 fully saturated rings. The first kappa shape index (κ1) is 67.8. The highest BCUT2D eigenvalue weighted by molar-refractivity contribution is 7.80. The van der Waals surface area contributed by atoms with Gasteiger partial charge >= 0.3 is 10.4 Å². The number of aliphatic hydroxyl groups excluding tert-OH is 12. The molecule has 0 radical (unpaired) electrons. The normalized spacial score (nSPS) is 51.8. The molecule has 0 aromatic heterocycles. The molecule has 0 bridgehead atoms. The van der Waals surface area contributed by atoms with Crippen LogP contribution in [0, 0.1) is 46.3 Å². The van der Waals surface area contributed by atoms with Crippen molar-refractivity contribution >= 4 is 16.2 Å². The molecule has 490 valence electrons. The summed E-state index contributed by atoms with van der Waals surface area (Å²) in [6.07, 6.45) is -36.7. The zero-order valence-corrected chi connectivity index (χ0v) is 50.5. The molecule has 34 unspecified atom stereocenters. The summed E-state index contributed by atoms with van der Waals surface area (Å²) in [7, 11) is -4.88. The fraction of sp³-hybridized carbons (Fsp3) is 0.947. The monoisotopic (exact) mass is 1240 g/mol. The summed E-state index contributed by atoms with van der Waals surface area (Å²) in [6, 6.07) is 0. The molecular formula is C57H94O27S. The van der Waals surface area contributed by atoms with Gasteiger partial charge in [-0.1, -0.05) is 46.3 Å². The topological polar surface area (TPSA) is 416 Å². The summed E-state index contributed by atoms with van der Waals surface area (Å²) in [5.41, 5.74) is 0.394. The van der Waals surface area contributed by atoms with Crippen molar-refractivity contribution in [3.8, 4) is 0 Å². The summed E-state index contributed by atoms with van der Waals surface area (Å²) in [5, 5.41) is 134. The lowest BCUT2D eigenvalue weighted by Crippen LogP contribution is -2.68. The molecule has 5 aliphatic heterocycles. The fourth-order valence-corrected chi connectivity index (χ4v) is 16.5. The van der Waals surface area contributed by atoms with Crippen LogP contribution in [0.1, 0.15) is 120 Å². The fourth-order valence-electron chi connectivity index (χ4n) is 16.0. The molecule has 9 rings (SSSR count). The molecule has 0 aromatic rings. The zero-order valence-electron chi connectivity index (χ0n) is 49.6. The molecule has 85 heavy (non-hydrogen) atoms. The Hall–Kier alpha value is -1.60. The molecule has 5 saturated heterocycles. The van der Waals surface area contributed by atoms with E-state index in [1.54, 1.807) is 0 Å². The van der Waals surface area contributed by atoms with Gasteiger partial charge in [0, 0.05) is 12.8 Å². The van der Waals surface area contributed by atoms with Crippen molar-refractivity contribution in [1.29, 1.82) is 0 Å². The maximum atomic E-state index is 13.2. The highest BCUT2D eigenvalue weighted by Gasteiger charge is 2.63. The van der Waals surface area contributed by atoms with Gasteiger partial charge in [0.15, 0.2) is 31.5 Å². The Kier molecular flexibility index (Phi) is 21.2. The third-order valence-corrected chi connectivity index (χ3v) is 21.1. The van der Waals surface area contributed by atoms with Gasteiger partial charge in [-0.15, -0.1) is 0 Å². The highest BCUT2D eigenvalue weighted by atomic mass is 32.3. The third kappa shape index (κ3) is 13.5. The van der Waals surface area contributed by atoms with Crippen molar-refractivity contribution < 1.29 is 131 Å². The first-order chi connectivity index (χ1) is 39.8. The van der Waals surface area contributed by atoms with E-state index >= 15 is 0 Å². The number of ketones is 1. The SMILES string of the molecule is CC(C)CC(=O)CC(C)C1CCC2C3CC(OC4OC(CO)C(O)C(OC5OC(C)C(OC6OC(C)C(O)C(O)C6OC6OC(C)C(O)C(O)C6O)C(O)C5OC5OC(C)C(O)C(O)C5O)C4O)C4CC(OS(=O)(=O)O)CCC4(C)C3=CCC12C. The molecule has 0 spiro atoms. The molecule has 9 aliphatic rings. The van der Waals surface area contributed by atoms with E-state index in [2.05, 4.69) is 26.8 Å². The number of carbonyl (C=O) groups excluding carboxylic acids is 1. The van der Waals surface area contributed by atoms with Crippen molar-refractivity contribution in [1.82, 2.24) is 0 Å². The van der Waals surface area contributed by atoms with Crippen LogP contribution in [-0.2, 0) is 66.7 Å². The second kappa shape index (κ2) is 26.6. The molecule has 34 atom stereocenters. The lowest BCUT2D eigenvalue weighted by molar-refractivity contribution is -0.406. The van der Waals surface area contributed by atoms with Crippen LogP contribution in [0.5, 0.6) is 0 Å². The number of allylic oxidation sites excluding steroid dienone is 2. The van der Waals surface area contributed by atoms with Gasteiger partial charge in [0.25, 0.3) is 0 Å². The van der Waals surface area contributed by atoms with Gasteiger partial charge in [0.1, 0.15) is 103 Å². The molecule has 13 N–H and O–H groups in total. The molecule has 3 saturated carbocycles. The van der Waals surface area contributed by atoms with Crippen molar-refractivity contribution in [3.63, 3.8) is 0 Å². The second-order valence-electron chi connectivity index (χ2n) is 26.8. The predicted octanol–water partition coefficient (Wildman–Crippen LogP) is -1.40. The minimum atomic E-state index is -4.88. The lowest BCUT2D eigenvalue weighted by atomic mass is 9.47. The Morgan fingerprint density at radius 2 is 1.09 bits per heavy atom. The summed E-state index contributed by atoms with van der Waals surface area (Å²) >= 11 is 0. The van der Waals surface area contributed by atoms with Crippen molar-refractivity contribution in [2.45, 2.75) is 286 Å². The minimum Gasteiger partial charge on any atom is -0.394 e. The van der Waals surface area contributed by atoms with E-state index in [9.17, 15) is 79.0 Å². The number of ether oxygens (including phenoxy) is 10. The molecule has 28 heteroatoms. The highest BCUT2D eigenvalue weighted by Crippen LogP contribution is 2.67. The van der Waals surface area contributed by atoms with E-state index in [4.69, 9.17) is 51.6 Å². The standard InChI is InChI=1S/C57H94O27S/c1-21(2)16-27(59)17-22(3)30-10-11-31-29-19-34(33-18-28(84-85(71,72)73)12-14-57(33,9)32(29)13-15-56(30,31)8)78-53-46(70)48(39(63)35(20-58)79-53)81-55-50(83-52-44(68)41(65)37(61)24(5)75-52)45(69)47(26(7)77-55)80-54-49(42(66)38(62)25(6)76-54)82-51-43(67)40(64)36(60)23(4)74-51/h13,21-26,28-31,33-55,58,60-70H,10-12,14-20H2,1-9H3,(H,71,72,73). The summed E-state index contributed by atoms with van der Waals surface area (Å²) < 4.78 is 101. The first-order valence-electron chi connectivity index (χ1n) is 30.3. The van der Waals surface area contributed by atoms with Crippen molar-refractivity contribution in [2.24, 2.45) is 46.3 Å². The Morgan fingerprint density at radius 1 is 0.576 bits per heavy atom. The van der Waals surface area contributed by atoms with E-state index in [0.29, 0.717) is 25.7 Å². The van der Waals surface area contributed by atoms with Crippen LogP contribution >= 0.6 is 0 Å². The molecule has 27 nitrogen and oxygen atoms in total. The number of hydrogen-bond donors (Lipinski definition) is 13. The van der Waals surface area contributed by atoms with Crippen LogP contribution in [0.4, 0.5) is 0 Å². The predicted molar refractivity (Wildman–Crippen MR) is 289 cm³/mol. The average Bonchev–Trinajstić information content (AvgIpc) is 1.75. The van der Waals surface area contributed by atoms with Gasteiger partial charge in [0.05, 0.1) is 43.2 Å². The largest absolute Gasteiger partial charge is 0.397 e. The van der Waals surface area contributed by atoms with E-state index in [0.717, 1.165) is 19.3 Å². The lowest BCUT2D eigenvalue weighted by Gasteiger charge is -2.59. The number of aliphatic hydroxyl groups is 12. The van der Waals surface area contributed by atoms with Crippen LogP contribution in [0.3, 0.4) is 0 Å². The Bertz CT molecular complexity index is 2410. The van der Waals surface area contributed by atoms with Crippen LogP contribution in [0.2, 0.25) is 0 Å². The quantitative estimate of drug-likeness (QED) is 0.0554. The van der Waals surface area contributed by atoms with Gasteiger partial charge in [-0.2, -0.15) is 8.42 Å². The van der Waals surface area contributed by atoms with E-state index in [1.165, 1.54) is 33.3 Å². The number of rotatable bonds is 18. The molecule has 0 amide bonds. The van der Waals surface area contributed by atoms with Gasteiger partial charge in [-0.05, 0) is 119 Å². The van der Waals surface area contributed by atoms with Crippen LogP contribution in [-0.4, -0.2) is 252 Å². The molecule has 5 heterocycles. The number of carbonyl (C=O) groups is 1. The summed E-state index contributed by atoms with van der Waals surface area (Å²) in [6.45, 7) is 15.4. The average molecular weight is 1240 g/mol. The van der Waals surface area contributed by atoms with Crippen LogP contribution in [0.25, 0.3) is 0 Å². The summed E-state index contributed by atoms with van der Waals surface area (Å²) in [4.78, 5) is 13.2. The van der Waals surface area contributed by atoms with Gasteiger partial charge in [0.2, 0.25) is 0 Å². The van der Waals surface area contributed by atoms with E-state index < -0.39 is 194 Å². The third-order valence-electron chi connectivity index (χ3n) is 20.6. The maximum Gasteiger partial charge on any atom is 0.397 e. The Morgan fingerprint density at radius 3 is 1.66 bits per heavy atom. The second-order valence-corrected chi connectivity index (χ2v) is 27.8. The number of hydrogen-bond acceptors (Lipinski definition) is 26. The number of fused-ring (bicyclic) bond motifs is 5. The molecular weight excluding hydrogens is 1150 g/mol. The van der Waals surface area contributed by atoms with Crippen molar-refractivity contribution in [3.05, 3.63) is 11.6 Å². The molecule has 0 aromatic carbocycles. The van der Waals surface area contributed by atoms with Crippen molar-refractivity contribution in [2.75, 3.05) is 6.61 Å². The molecule has 4 aliphatic carbocycles.